The number of ether oxygens (including phenoxy) is 1. The maximum Gasteiger partial charge on any atom is 0.263 e. The summed E-state index contributed by atoms with van der Waals surface area (Å²) in [4.78, 5) is 25.2. The molecule has 0 atom stereocenters. The van der Waals surface area contributed by atoms with Crippen molar-refractivity contribution in [3.8, 4) is 5.75 Å². The van der Waals surface area contributed by atoms with Crippen molar-refractivity contribution >= 4 is 28.8 Å². The molecule has 2 aromatic heterocycles. The number of methoxy groups -OCH3 is 1. The lowest BCUT2D eigenvalue weighted by Crippen LogP contribution is -2.27. The highest BCUT2D eigenvalue weighted by atomic mass is 32.1. The Labute approximate surface area is 166 Å². The number of amides is 2. The van der Waals surface area contributed by atoms with E-state index in [9.17, 15) is 14.8 Å². The summed E-state index contributed by atoms with van der Waals surface area (Å²) in [5.41, 5.74) is 1.77. The van der Waals surface area contributed by atoms with Gasteiger partial charge in [0, 0.05) is 18.7 Å². The Hall–Kier alpha value is -3.39. The van der Waals surface area contributed by atoms with Gasteiger partial charge in [-0.3, -0.25) is 9.59 Å². The number of carbonyl (C=O) groups is 2. The number of anilines is 1. The number of rotatable bonds is 7. The zero-order valence-corrected chi connectivity index (χ0v) is 16.0. The largest absolute Gasteiger partial charge is 0.619 e. The third-order valence-corrected chi connectivity index (χ3v) is 4.97. The van der Waals surface area contributed by atoms with Gasteiger partial charge in [0.2, 0.25) is 0 Å². The van der Waals surface area contributed by atoms with Gasteiger partial charge in [-0.25, -0.2) is 0 Å². The molecule has 0 fully saturated rings. The molecule has 7 nitrogen and oxygen atoms in total. The van der Waals surface area contributed by atoms with Crippen molar-refractivity contribution in [3.63, 3.8) is 0 Å². The maximum atomic E-state index is 12.5. The summed E-state index contributed by atoms with van der Waals surface area (Å²) in [6.45, 7) is 0.437. The molecule has 8 heteroatoms. The van der Waals surface area contributed by atoms with Gasteiger partial charge in [-0.15, -0.1) is 11.3 Å². The summed E-state index contributed by atoms with van der Waals surface area (Å²) in [5.74, 6) is 0.135. The molecule has 0 aliphatic rings. The lowest BCUT2D eigenvalue weighted by atomic mass is 10.1. The van der Waals surface area contributed by atoms with Crippen molar-refractivity contribution in [3.05, 3.63) is 81.4 Å². The van der Waals surface area contributed by atoms with Crippen LogP contribution in [0.3, 0.4) is 0 Å². The maximum absolute atomic E-state index is 12.5. The van der Waals surface area contributed by atoms with E-state index in [-0.39, 0.29) is 11.8 Å². The molecule has 0 aliphatic heterocycles. The molecular weight excluding hydrogens is 378 g/mol. The highest BCUT2D eigenvalue weighted by Gasteiger charge is 2.16. The van der Waals surface area contributed by atoms with E-state index in [2.05, 4.69) is 10.6 Å². The van der Waals surface area contributed by atoms with Gasteiger partial charge in [0.1, 0.15) is 10.6 Å². The molecule has 28 heavy (non-hydrogen) atoms. The first-order valence-electron chi connectivity index (χ1n) is 8.56. The zero-order valence-electron chi connectivity index (χ0n) is 15.2. The number of thiophene rings is 1. The Kier molecular flexibility index (Phi) is 6.23. The number of para-hydroxylation sites is 1. The van der Waals surface area contributed by atoms with Gasteiger partial charge in [0.15, 0.2) is 12.4 Å². The molecule has 0 aliphatic carbocycles. The molecule has 0 spiro atoms. The molecule has 3 rings (SSSR count). The highest BCUT2D eigenvalue weighted by molar-refractivity contribution is 7.12. The summed E-state index contributed by atoms with van der Waals surface area (Å²) in [7, 11) is 1.61. The molecule has 3 aromatic rings. The second-order valence-corrected chi connectivity index (χ2v) is 6.80. The molecule has 2 heterocycles. The minimum Gasteiger partial charge on any atom is -0.619 e. The first kappa shape index (κ1) is 19.4. The van der Waals surface area contributed by atoms with Crippen molar-refractivity contribution in [1.29, 1.82) is 0 Å². The van der Waals surface area contributed by atoms with Crippen LogP contribution in [0.25, 0.3) is 0 Å². The molecular formula is C20H19N3O4S. The number of pyridine rings is 1. The van der Waals surface area contributed by atoms with Crippen LogP contribution in [0.2, 0.25) is 0 Å². The summed E-state index contributed by atoms with van der Waals surface area (Å²) >= 11 is 1.25. The fourth-order valence-corrected chi connectivity index (χ4v) is 3.41. The van der Waals surface area contributed by atoms with Gasteiger partial charge in [0.05, 0.1) is 18.4 Å². The van der Waals surface area contributed by atoms with E-state index >= 15 is 0 Å². The van der Waals surface area contributed by atoms with Crippen molar-refractivity contribution < 1.29 is 19.1 Å². The molecule has 0 saturated carbocycles. The van der Waals surface area contributed by atoms with E-state index in [4.69, 9.17) is 4.74 Å². The molecule has 144 valence electrons. The van der Waals surface area contributed by atoms with Crippen molar-refractivity contribution in [2.45, 2.75) is 6.42 Å². The van der Waals surface area contributed by atoms with E-state index in [1.165, 1.54) is 35.9 Å². The number of benzene rings is 1. The summed E-state index contributed by atoms with van der Waals surface area (Å²) in [6.07, 6.45) is 3.12. The second-order valence-electron chi connectivity index (χ2n) is 5.88. The summed E-state index contributed by atoms with van der Waals surface area (Å²) in [5, 5.41) is 18.4. The predicted molar refractivity (Wildman–Crippen MR) is 107 cm³/mol. The van der Waals surface area contributed by atoms with Crippen LogP contribution in [0.15, 0.2) is 60.2 Å². The summed E-state index contributed by atoms with van der Waals surface area (Å²) < 4.78 is 5.91. The van der Waals surface area contributed by atoms with Crippen LogP contribution in [0.4, 0.5) is 5.69 Å². The summed E-state index contributed by atoms with van der Waals surface area (Å²) in [6, 6.07) is 12.2. The number of carbonyl (C=O) groups excluding carboxylic acids is 2. The topological polar surface area (TPSA) is 94.4 Å². The minimum absolute atomic E-state index is 0.259. The quantitative estimate of drug-likeness (QED) is 0.473. The van der Waals surface area contributed by atoms with Crippen LogP contribution >= 0.6 is 11.3 Å². The smallest absolute Gasteiger partial charge is 0.263 e. The van der Waals surface area contributed by atoms with Crippen LogP contribution < -0.4 is 20.1 Å². The van der Waals surface area contributed by atoms with Gasteiger partial charge < -0.3 is 20.6 Å². The van der Waals surface area contributed by atoms with E-state index in [0.717, 1.165) is 11.3 Å². The van der Waals surface area contributed by atoms with E-state index in [1.807, 2.05) is 24.3 Å². The number of hydrogen-bond acceptors (Lipinski definition) is 5. The number of hydrogen-bond donors (Lipinski definition) is 2. The van der Waals surface area contributed by atoms with Crippen molar-refractivity contribution in [2.24, 2.45) is 0 Å². The van der Waals surface area contributed by atoms with E-state index in [0.29, 0.717) is 33.8 Å². The van der Waals surface area contributed by atoms with Crippen LogP contribution in [-0.2, 0) is 6.42 Å². The Balaban J connectivity index is 1.60. The SMILES string of the molecule is COc1ccccc1CCNC(=O)c1sccc1NC(=O)c1cc[n+]([O-])cc1. The van der Waals surface area contributed by atoms with Gasteiger partial charge in [0.25, 0.3) is 11.8 Å². The van der Waals surface area contributed by atoms with Gasteiger partial charge in [-0.1, -0.05) is 18.2 Å². The zero-order chi connectivity index (χ0) is 19.9. The lowest BCUT2D eigenvalue weighted by Gasteiger charge is -2.10. The molecule has 0 unspecified atom stereocenters. The Morgan fingerprint density at radius 2 is 1.86 bits per heavy atom. The first-order chi connectivity index (χ1) is 13.6. The standard InChI is InChI=1S/C20H19N3O4S/c1-27-17-5-3-2-4-14(17)6-10-21-20(25)18-16(9-13-28-18)22-19(24)15-7-11-23(26)12-8-15/h2-5,7-9,11-13H,6,10H2,1H3,(H,21,25)(H,22,24). The van der Waals surface area contributed by atoms with Crippen LogP contribution in [0.5, 0.6) is 5.75 Å². The van der Waals surface area contributed by atoms with Gasteiger partial charge >= 0.3 is 0 Å². The van der Waals surface area contributed by atoms with E-state index < -0.39 is 0 Å². The number of aromatic nitrogens is 1. The molecule has 1 aromatic carbocycles. The number of nitrogens with one attached hydrogen (secondary N) is 2. The fraction of sp³-hybridized carbons (Fsp3) is 0.150. The fourth-order valence-electron chi connectivity index (χ4n) is 2.64. The van der Waals surface area contributed by atoms with Gasteiger partial charge in [-0.05, 0) is 29.5 Å². The second kappa shape index (κ2) is 9.01. The Bertz CT molecular complexity index is 970. The van der Waals surface area contributed by atoms with Crippen LogP contribution in [0, 0.1) is 5.21 Å². The number of nitrogens with zero attached hydrogens (tertiary/aromatic N) is 1. The van der Waals surface area contributed by atoms with E-state index in [1.54, 1.807) is 18.6 Å². The van der Waals surface area contributed by atoms with Crippen LogP contribution in [-0.4, -0.2) is 25.5 Å². The first-order valence-corrected chi connectivity index (χ1v) is 9.44. The molecule has 0 saturated heterocycles. The van der Waals surface area contributed by atoms with Gasteiger partial charge in [-0.2, -0.15) is 4.73 Å². The molecule has 2 amide bonds. The molecule has 0 radical (unpaired) electrons. The molecule has 0 bridgehead atoms. The predicted octanol–water partition coefficient (Wildman–Crippen LogP) is 2.61. The third-order valence-electron chi connectivity index (χ3n) is 4.06. The monoisotopic (exact) mass is 397 g/mol. The third kappa shape index (κ3) is 4.66. The van der Waals surface area contributed by atoms with Crippen molar-refractivity contribution in [2.75, 3.05) is 19.0 Å². The lowest BCUT2D eigenvalue weighted by molar-refractivity contribution is -0.605. The minimum atomic E-state index is -0.387. The normalized spacial score (nSPS) is 10.3. The highest BCUT2D eigenvalue weighted by Crippen LogP contribution is 2.23. The van der Waals surface area contributed by atoms with Crippen LogP contribution in [0.1, 0.15) is 25.6 Å². The average molecular weight is 397 g/mol. The molecule has 2 N–H and O–H groups in total. The van der Waals surface area contributed by atoms with Crippen molar-refractivity contribution in [1.82, 2.24) is 5.32 Å². The Morgan fingerprint density at radius 3 is 2.61 bits per heavy atom. The average Bonchev–Trinajstić information content (AvgIpc) is 3.17. The Morgan fingerprint density at radius 1 is 1.11 bits per heavy atom.